The van der Waals surface area contributed by atoms with Gasteiger partial charge in [-0.1, -0.05) is 0 Å². The number of nitrogens with two attached hydrogens (primary N) is 1. The molecule has 0 unspecified atom stereocenters. The van der Waals surface area contributed by atoms with E-state index in [0.717, 1.165) is 5.69 Å². The summed E-state index contributed by atoms with van der Waals surface area (Å²) in [6.07, 6.45) is 0.207. The van der Waals surface area contributed by atoms with E-state index in [1.807, 2.05) is 34.6 Å². The largest absolute Gasteiger partial charge is 0.494 e. The lowest BCUT2D eigenvalue weighted by Gasteiger charge is -2.33. The molecule has 3 amide bonds. The van der Waals surface area contributed by atoms with E-state index < -0.39 is 17.5 Å². The number of hydrogen-bond acceptors (Lipinski definition) is 6. The number of aryl methyl sites for hydroxylation is 3. The van der Waals surface area contributed by atoms with Crippen LogP contribution in [-0.4, -0.2) is 66.4 Å². The van der Waals surface area contributed by atoms with Crippen LogP contribution in [0.15, 0.2) is 18.2 Å². The average molecular weight is 514 g/mol. The molecule has 0 fully saturated rings. The summed E-state index contributed by atoms with van der Waals surface area (Å²) in [5.41, 5.74) is 7.33. The average Bonchev–Trinajstić information content (AvgIpc) is 3.36. The topological polar surface area (TPSA) is 158 Å². The van der Waals surface area contributed by atoms with Gasteiger partial charge in [0.25, 0.3) is 5.91 Å². The zero-order valence-corrected chi connectivity index (χ0v) is 22.2. The summed E-state index contributed by atoms with van der Waals surface area (Å²) < 4.78 is 8.95. The van der Waals surface area contributed by atoms with Gasteiger partial charge in [-0.2, -0.15) is 5.10 Å². The van der Waals surface area contributed by atoms with Gasteiger partial charge in [0, 0.05) is 30.7 Å². The standard InChI is InChI=1S/C25H35N7O5/c1-7-32-18(12-15(2)29-32)22(34)28-23-27-17-13-16(21(26)33)14-19(37-6)20(17)30(23)10-8-9-11-31(24(35)36)25(3,4)5/h12-14H,7-11H2,1-6H3,(H2,26,33)(H,35,36)(H,27,28,34). The van der Waals surface area contributed by atoms with E-state index in [1.54, 1.807) is 21.4 Å². The van der Waals surface area contributed by atoms with E-state index in [1.165, 1.54) is 18.1 Å². The van der Waals surface area contributed by atoms with E-state index in [0.29, 0.717) is 55.0 Å². The Hall–Kier alpha value is -4.09. The molecule has 37 heavy (non-hydrogen) atoms. The summed E-state index contributed by atoms with van der Waals surface area (Å²) in [4.78, 5) is 42.7. The Labute approximate surface area is 215 Å². The maximum atomic E-state index is 13.2. The molecule has 0 atom stereocenters. The Bertz CT molecular complexity index is 1320. The molecule has 0 aliphatic carbocycles. The zero-order chi connectivity index (χ0) is 27.5. The molecule has 2 aromatic heterocycles. The molecule has 0 aliphatic rings. The van der Waals surface area contributed by atoms with Crippen molar-refractivity contribution in [1.29, 1.82) is 0 Å². The third-order valence-corrected chi connectivity index (χ3v) is 6.02. The molecule has 0 aliphatic heterocycles. The predicted molar refractivity (Wildman–Crippen MR) is 139 cm³/mol. The molecule has 0 spiro atoms. The monoisotopic (exact) mass is 513 g/mol. The van der Waals surface area contributed by atoms with E-state index in [4.69, 9.17) is 10.5 Å². The number of primary amides is 1. The fourth-order valence-electron chi connectivity index (χ4n) is 4.23. The Morgan fingerprint density at radius 2 is 1.89 bits per heavy atom. The summed E-state index contributed by atoms with van der Waals surface area (Å²) in [5.74, 6) is -0.348. The van der Waals surface area contributed by atoms with Gasteiger partial charge in [-0.25, -0.2) is 9.78 Å². The summed E-state index contributed by atoms with van der Waals surface area (Å²) >= 11 is 0. The number of hydrogen-bond donors (Lipinski definition) is 3. The Kier molecular flexibility index (Phi) is 8.09. The van der Waals surface area contributed by atoms with Crippen molar-refractivity contribution in [2.75, 3.05) is 19.0 Å². The summed E-state index contributed by atoms with van der Waals surface area (Å²) in [6.45, 7) is 10.6. The van der Waals surface area contributed by atoms with Gasteiger partial charge < -0.3 is 25.0 Å². The summed E-state index contributed by atoms with van der Waals surface area (Å²) in [7, 11) is 1.48. The van der Waals surface area contributed by atoms with Gasteiger partial charge in [-0.05, 0) is 65.7 Å². The van der Waals surface area contributed by atoms with Gasteiger partial charge in [0.2, 0.25) is 11.9 Å². The first kappa shape index (κ1) is 27.5. The molecular weight excluding hydrogens is 478 g/mol. The van der Waals surface area contributed by atoms with Crippen molar-refractivity contribution < 1.29 is 24.2 Å². The minimum atomic E-state index is -0.975. The van der Waals surface area contributed by atoms with Crippen LogP contribution in [-0.2, 0) is 13.1 Å². The Balaban J connectivity index is 1.97. The maximum absolute atomic E-state index is 13.2. The minimum absolute atomic E-state index is 0.230. The number of nitrogens with zero attached hydrogens (tertiary/aromatic N) is 5. The number of rotatable bonds is 10. The fraction of sp³-hybridized carbons (Fsp3) is 0.480. The highest BCUT2D eigenvalue weighted by Crippen LogP contribution is 2.31. The Morgan fingerprint density at radius 1 is 1.19 bits per heavy atom. The van der Waals surface area contributed by atoms with Crippen LogP contribution in [0.2, 0.25) is 0 Å². The highest BCUT2D eigenvalue weighted by Gasteiger charge is 2.26. The molecule has 200 valence electrons. The molecule has 0 saturated carbocycles. The third-order valence-electron chi connectivity index (χ3n) is 6.02. The van der Waals surface area contributed by atoms with Gasteiger partial charge in [0.05, 0.1) is 18.3 Å². The van der Waals surface area contributed by atoms with E-state index in [9.17, 15) is 19.5 Å². The van der Waals surface area contributed by atoms with Gasteiger partial charge in [0.1, 0.15) is 17.0 Å². The van der Waals surface area contributed by atoms with Gasteiger partial charge >= 0.3 is 6.09 Å². The molecule has 0 saturated heterocycles. The Morgan fingerprint density at radius 3 is 2.46 bits per heavy atom. The number of methoxy groups -OCH3 is 1. The molecule has 1 aromatic carbocycles. The number of benzene rings is 1. The van der Waals surface area contributed by atoms with Crippen molar-refractivity contribution in [2.24, 2.45) is 5.73 Å². The molecular formula is C25H35N7O5. The predicted octanol–water partition coefficient (Wildman–Crippen LogP) is 3.48. The number of ether oxygens (including phenoxy) is 1. The number of nitrogens with one attached hydrogen (secondary N) is 1. The quantitative estimate of drug-likeness (QED) is 0.350. The zero-order valence-electron chi connectivity index (χ0n) is 22.2. The lowest BCUT2D eigenvalue weighted by molar-refractivity contribution is 0.0981. The van der Waals surface area contributed by atoms with Crippen LogP contribution >= 0.6 is 0 Å². The second-order valence-corrected chi connectivity index (χ2v) is 9.75. The number of aromatic nitrogens is 4. The fourth-order valence-corrected chi connectivity index (χ4v) is 4.23. The molecule has 0 radical (unpaired) electrons. The summed E-state index contributed by atoms with van der Waals surface area (Å²) in [6, 6.07) is 4.79. The minimum Gasteiger partial charge on any atom is -0.494 e. The number of amides is 3. The number of carboxylic acid groups (broad SMARTS) is 1. The van der Waals surface area contributed by atoms with Crippen LogP contribution in [0.1, 0.15) is 67.1 Å². The molecule has 4 N–H and O–H groups in total. The van der Waals surface area contributed by atoms with Gasteiger partial charge in [-0.15, -0.1) is 0 Å². The van der Waals surface area contributed by atoms with Gasteiger partial charge in [-0.3, -0.25) is 19.6 Å². The lowest BCUT2D eigenvalue weighted by Crippen LogP contribution is -2.45. The van der Waals surface area contributed by atoms with Crippen molar-refractivity contribution in [3.05, 3.63) is 35.2 Å². The highest BCUT2D eigenvalue weighted by molar-refractivity contribution is 6.04. The van der Waals surface area contributed by atoms with Crippen molar-refractivity contribution in [3.8, 4) is 5.75 Å². The molecule has 3 aromatic rings. The van der Waals surface area contributed by atoms with Crippen molar-refractivity contribution in [3.63, 3.8) is 0 Å². The first-order valence-electron chi connectivity index (χ1n) is 12.1. The van der Waals surface area contributed by atoms with E-state index in [2.05, 4.69) is 15.4 Å². The highest BCUT2D eigenvalue weighted by atomic mass is 16.5. The van der Waals surface area contributed by atoms with Gasteiger partial charge in [0.15, 0.2) is 0 Å². The number of carbonyl (C=O) groups is 3. The van der Waals surface area contributed by atoms with Crippen LogP contribution < -0.4 is 15.8 Å². The molecule has 2 heterocycles. The number of fused-ring (bicyclic) bond motifs is 1. The normalized spacial score (nSPS) is 11.5. The second kappa shape index (κ2) is 10.9. The van der Waals surface area contributed by atoms with Crippen LogP contribution in [0, 0.1) is 6.92 Å². The lowest BCUT2D eigenvalue weighted by atomic mass is 10.1. The first-order valence-corrected chi connectivity index (χ1v) is 12.1. The smallest absolute Gasteiger partial charge is 0.407 e. The number of imidazole rings is 1. The molecule has 0 bridgehead atoms. The third kappa shape index (κ3) is 6.01. The van der Waals surface area contributed by atoms with Crippen LogP contribution in [0.5, 0.6) is 5.75 Å². The SMILES string of the molecule is CCn1nc(C)cc1C(=O)Nc1nc2cc(C(N)=O)cc(OC)c2n1CCCCN(C(=O)O)C(C)(C)C. The molecule has 12 heteroatoms. The van der Waals surface area contributed by atoms with Crippen molar-refractivity contribution in [2.45, 2.75) is 66.1 Å². The van der Waals surface area contributed by atoms with E-state index in [-0.39, 0.29) is 17.4 Å². The van der Waals surface area contributed by atoms with Crippen molar-refractivity contribution in [1.82, 2.24) is 24.2 Å². The number of unbranched alkanes of at least 4 members (excludes halogenated alkanes) is 1. The molecule has 3 rings (SSSR count). The van der Waals surface area contributed by atoms with Crippen molar-refractivity contribution >= 4 is 34.9 Å². The number of anilines is 1. The maximum Gasteiger partial charge on any atom is 0.407 e. The number of carbonyl (C=O) groups excluding carboxylic acids is 2. The van der Waals surface area contributed by atoms with Crippen LogP contribution in [0.4, 0.5) is 10.7 Å². The second-order valence-electron chi connectivity index (χ2n) is 9.75. The van der Waals surface area contributed by atoms with E-state index >= 15 is 0 Å². The molecule has 12 nitrogen and oxygen atoms in total. The first-order chi connectivity index (χ1) is 17.4. The van der Waals surface area contributed by atoms with Crippen LogP contribution in [0.25, 0.3) is 11.0 Å². The van der Waals surface area contributed by atoms with Crippen LogP contribution in [0.3, 0.4) is 0 Å². The summed E-state index contributed by atoms with van der Waals surface area (Å²) in [5, 5.41) is 16.8.